The molecular formula is C22H24N2O5S. The van der Waals surface area contributed by atoms with E-state index < -0.39 is 15.9 Å². The van der Waals surface area contributed by atoms with Gasteiger partial charge in [-0.05, 0) is 24.1 Å². The molecule has 0 saturated heterocycles. The minimum absolute atomic E-state index is 0.0232. The van der Waals surface area contributed by atoms with Crippen LogP contribution in [0, 0.1) is 5.92 Å². The highest BCUT2D eigenvalue weighted by Crippen LogP contribution is 2.42. The Morgan fingerprint density at radius 1 is 1.23 bits per heavy atom. The van der Waals surface area contributed by atoms with Crippen LogP contribution in [0.3, 0.4) is 0 Å². The molecule has 0 spiro atoms. The summed E-state index contributed by atoms with van der Waals surface area (Å²) in [6, 6.07) is 4.92. The third kappa shape index (κ3) is 3.15. The first-order chi connectivity index (χ1) is 14.1. The van der Waals surface area contributed by atoms with Crippen LogP contribution < -0.4 is 10.3 Å². The van der Waals surface area contributed by atoms with Gasteiger partial charge in [0.25, 0.3) is 5.56 Å². The first kappa shape index (κ1) is 20.4. The number of ether oxygens (including phenoxy) is 1. The summed E-state index contributed by atoms with van der Waals surface area (Å²) in [6.45, 7) is 5.42. The minimum Gasteiger partial charge on any atom is -0.481 e. The molecule has 0 radical (unpaired) electrons. The molecule has 1 unspecified atom stereocenters. The predicted octanol–water partition coefficient (Wildman–Crippen LogP) is 2.86. The Morgan fingerprint density at radius 3 is 2.63 bits per heavy atom. The predicted molar refractivity (Wildman–Crippen MR) is 115 cm³/mol. The van der Waals surface area contributed by atoms with E-state index in [1.807, 2.05) is 13.8 Å². The molecule has 8 heteroatoms. The lowest BCUT2D eigenvalue weighted by Gasteiger charge is -2.30. The average Bonchev–Trinajstić information content (AvgIpc) is 3.19. The molecule has 3 aromatic rings. The molecule has 0 amide bonds. The first-order valence-electron chi connectivity index (χ1n) is 9.90. The SMILES string of the molecule is CCS(=O)(=O)c1cc2c(c(-c3cn(C)c(=O)c4[nH]ccc34)c1)OC(C(C)C)C(=O)C2. The van der Waals surface area contributed by atoms with E-state index in [4.69, 9.17) is 4.74 Å². The summed E-state index contributed by atoms with van der Waals surface area (Å²) >= 11 is 0. The summed E-state index contributed by atoms with van der Waals surface area (Å²) < 4.78 is 32.9. The minimum atomic E-state index is -3.51. The normalized spacial score (nSPS) is 16.7. The van der Waals surface area contributed by atoms with Gasteiger partial charge in [0.2, 0.25) is 0 Å². The van der Waals surface area contributed by atoms with Crippen molar-refractivity contribution in [3.8, 4) is 16.9 Å². The first-order valence-corrected chi connectivity index (χ1v) is 11.6. The zero-order valence-corrected chi connectivity index (χ0v) is 18.2. The van der Waals surface area contributed by atoms with Crippen LogP contribution in [0.5, 0.6) is 5.75 Å². The molecule has 3 heterocycles. The molecule has 1 N–H and O–H groups in total. The second-order valence-electron chi connectivity index (χ2n) is 8.01. The number of aromatic nitrogens is 2. The summed E-state index contributed by atoms with van der Waals surface area (Å²) in [7, 11) is -1.87. The highest BCUT2D eigenvalue weighted by Gasteiger charge is 2.33. The van der Waals surface area contributed by atoms with Crippen molar-refractivity contribution in [2.45, 2.75) is 38.2 Å². The number of aryl methyl sites for hydroxylation is 1. The number of carbonyl (C=O) groups excluding carboxylic acids is 1. The van der Waals surface area contributed by atoms with Gasteiger partial charge in [0, 0.05) is 47.9 Å². The molecule has 1 aromatic carbocycles. The van der Waals surface area contributed by atoms with Crippen LogP contribution in [-0.2, 0) is 28.1 Å². The quantitative estimate of drug-likeness (QED) is 0.689. The maximum absolute atomic E-state index is 12.7. The number of nitrogens with zero attached hydrogens (tertiary/aromatic N) is 1. The fourth-order valence-corrected chi connectivity index (χ4v) is 4.90. The van der Waals surface area contributed by atoms with Gasteiger partial charge in [-0.2, -0.15) is 0 Å². The summed E-state index contributed by atoms with van der Waals surface area (Å²) in [5.41, 5.74) is 2.05. The summed E-state index contributed by atoms with van der Waals surface area (Å²) in [4.78, 5) is 28.2. The Hall–Kier alpha value is -2.87. The number of ketones is 1. The molecule has 158 valence electrons. The van der Waals surface area contributed by atoms with Gasteiger partial charge in [-0.1, -0.05) is 20.8 Å². The molecule has 1 aliphatic heterocycles. The van der Waals surface area contributed by atoms with Crippen molar-refractivity contribution in [2.24, 2.45) is 13.0 Å². The fourth-order valence-electron chi connectivity index (χ4n) is 3.95. The maximum atomic E-state index is 12.7. The van der Waals surface area contributed by atoms with Gasteiger partial charge in [0.15, 0.2) is 21.7 Å². The van der Waals surface area contributed by atoms with Gasteiger partial charge in [0.05, 0.1) is 10.6 Å². The second-order valence-corrected chi connectivity index (χ2v) is 10.3. The molecule has 7 nitrogen and oxygen atoms in total. The van der Waals surface area contributed by atoms with E-state index in [1.54, 1.807) is 44.6 Å². The second kappa shape index (κ2) is 7.12. The van der Waals surface area contributed by atoms with Crippen molar-refractivity contribution in [3.63, 3.8) is 0 Å². The Balaban J connectivity index is 2.07. The molecule has 4 rings (SSSR count). The van der Waals surface area contributed by atoms with E-state index in [1.165, 1.54) is 4.57 Å². The summed E-state index contributed by atoms with van der Waals surface area (Å²) in [6.07, 6.45) is 2.87. The molecular weight excluding hydrogens is 404 g/mol. The number of carbonyl (C=O) groups is 1. The van der Waals surface area contributed by atoms with Crippen molar-refractivity contribution in [3.05, 3.63) is 46.5 Å². The van der Waals surface area contributed by atoms with Gasteiger partial charge in [0.1, 0.15) is 11.3 Å². The number of sulfone groups is 1. The van der Waals surface area contributed by atoms with E-state index in [0.717, 1.165) is 0 Å². The zero-order chi connectivity index (χ0) is 21.8. The Kier molecular flexibility index (Phi) is 4.85. The van der Waals surface area contributed by atoms with Crippen LogP contribution in [0.1, 0.15) is 26.3 Å². The molecule has 0 bridgehead atoms. The number of fused-ring (bicyclic) bond motifs is 2. The van der Waals surface area contributed by atoms with Crippen LogP contribution in [-0.4, -0.2) is 35.6 Å². The number of benzene rings is 1. The molecule has 30 heavy (non-hydrogen) atoms. The Morgan fingerprint density at radius 2 is 1.97 bits per heavy atom. The number of nitrogens with one attached hydrogen (secondary N) is 1. The third-order valence-corrected chi connectivity index (χ3v) is 7.31. The van der Waals surface area contributed by atoms with E-state index in [0.29, 0.717) is 33.3 Å². The maximum Gasteiger partial charge on any atom is 0.274 e. The standard InChI is InChI=1S/C22H24N2O5S/c1-5-30(27,28)14-8-13-9-18(25)20(12(2)3)29-21(13)16(10-14)17-11-24(4)22(26)19-15(17)6-7-23-19/h6-8,10-12,20,23H,5,9H2,1-4H3. The number of Topliss-reactive ketones (excluding diaryl/α,β-unsaturated/α-hetero) is 1. The zero-order valence-electron chi connectivity index (χ0n) is 17.4. The summed E-state index contributed by atoms with van der Waals surface area (Å²) in [5.74, 6) is 0.359. The smallest absolute Gasteiger partial charge is 0.274 e. The fraction of sp³-hybridized carbons (Fsp3) is 0.364. The average molecular weight is 429 g/mol. The topological polar surface area (TPSA) is 98.2 Å². The lowest BCUT2D eigenvalue weighted by Crippen LogP contribution is -2.37. The van der Waals surface area contributed by atoms with Crippen LogP contribution in [0.4, 0.5) is 0 Å². The molecule has 0 saturated carbocycles. The van der Waals surface area contributed by atoms with Gasteiger partial charge >= 0.3 is 0 Å². The number of pyridine rings is 1. The number of aromatic amines is 1. The third-order valence-electron chi connectivity index (χ3n) is 5.60. The van der Waals surface area contributed by atoms with Crippen molar-refractivity contribution in [2.75, 3.05) is 5.75 Å². The highest BCUT2D eigenvalue weighted by molar-refractivity contribution is 7.91. The van der Waals surface area contributed by atoms with Crippen LogP contribution in [0.25, 0.3) is 22.0 Å². The largest absolute Gasteiger partial charge is 0.481 e. The van der Waals surface area contributed by atoms with Gasteiger partial charge < -0.3 is 14.3 Å². The van der Waals surface area contributed by atoms with E-state index in [2.05, 4.69) is 4.98 Å². The number of hydrogen-bond acceptors (Lipinski definition) is 5. The van der Waals surface area contributed by atoms with E-state index in [-0.39, 0.29) is 34.3 Å². The molecule has 1 aliphatic rings. The van der Waals surface area contributed by atoms with Crippen LogP contribution in [0.15, 0.2) is 40.3 Å². The summed E-state index contributed by atoms with van der Waals surface area (Å²) in [5, 5.41) is 0.674. The van der Waals surface area contributed by atoms with Crippen molar-refractivity contribution < 1.29 is 17.9 Å². The van der Waals surface area contributed by atoms with Crippen LogP contribution in [0.2, 0.25) is 0 Å². The van der Waals surface area contributed by atoms with E-state index in [9.17, 15) is 18.0 Å². The van der Waals surface area contributed by atoms with Crippen molar-refractivity contribution >= 4 is 26.5 Å². The highest BCUT2D eigenvalue weighted by atomic mass is 32.2. The Labute approximate surface area is 174 Å². The number of H-pyrrole nitrogens is 1. The van der Waals surface area contributed by atoms with E-state index >= 15 is 0 Å². The molecule has 1 atom stereocenters. The number of rotatable bonds is 4. The Bertz CT molecular complexity index is 1330. The van der Waals surface area contributed by atoms with Gasteiger partial charge in [-0.25, -0.2) is 8.42 Å². The van der Waals surface area contributed by atoms with Crippen LogP contribution >= 0.6 is 0 Å². The lowest BCUT2D eigenvalue weighted by molar-refractivity contribution is -0.128. The van der Waals surface area contributed by atoms with Gasteiger partial charge in [-0.3, -0.25) is 9.59 Å². The monoisotopic (exact) mass is 428 g/mol. The molecule has 2 aromatic heterocycles. The van der Waals surface area contributed by atoms with Gasteiger partial charge in [-0.15, -0.1) is 0 Å². The van der Waals surface area contributed by atoms with Crippen molar-refractivity contribution in [1.29, 1.82) is 0 Å². The number of hydrogen-bond donors (Lipinski definition) is 1. The molecule has 0 fully saturated rings. The lowest BCUT2D eigenvalue weighted by atomic mass is 9.91. The molecule has 0 aliphatic carbocycles. The van der Waals surface area contributed by atoms with Crippen molar-refractivity contribution in [1.82, 2.24) is 9.55 Å².